The van der Waals surface area contributed by atoms with Crippen molar-refractivity contribution in [3.8, 4) is 0 Å². The molecule has 0 unspecified atom stereocenters. The van der Waals surface area contributed by atoms with Crippen LogP contribution in [0, 0.1) is 10.1 Å². The molecule has 6 heteroatoms. The third-order valence-corrected chi connectivity index (χ3v) is 4.30. The van der Waals surface area contributed by atoms with Gasteiger partial charge in [0.15, 0.2) is 0 Å². The Hall–Kier alpha value is -0.980. The Kier molecular flexibility index (Phi) is 3.99. The van der Waals surface area contributed by atoms with Crippen LogP contribution in [0.15, 0.2) is 11.4 Å². The Labute approximate surface area is 110 Å². The molecule has 2 rings (SSSR count). The maximum Gasteiger partial charge on any atom is 0.324 e. The fourth-order valence-electron chi connectivity index (χ4n) is 2.60. The Morgan fingerprint density at radius 2 is 2.22 bits per heavy atom. The molecule has 1 saturated carbocycles. The molecule has 0 radical (unpaired) electrons. The second kappa shape index (κ2) is 5.34. The Bertz CT molecular complexity index is 427. The highest BCUT2D eigenvalue weighted by Gasteiger charge is 2.32. The van der Waals surface area contributed by atoms with Crippen molar-refractivity contribution in [3.05, 3.63) is 27.1 Å². The van der Waals surface area contributed by atoms with Crippen molar-refractivity contribution in [1.29, 1.82) is 0 Å². The first-order valence-corrected chi connectivity index (χ1v) is 6.99. The third-order valence-electron chi connectivity index (χ3n) is 3.37. The van der Waals surface area contributed by atoms with Gasteiger partial charge in [0.05, 0.1) is 10.5 Å². The van der Waals surface area contributed by atoms with Gasteiger partial charge in [0.25, 0.3) is 0 Å². The molecule has 0 saturated heterocycles. The quantitative estimate of drug-likeness (QED) is 0.659. The summed E-state index contributed by atoms with van der Waals surface area (Å²) in [5.41, 5.74) is 0.382. The molecule has 0 amide bonds. The van der Waals surface area contributed by atoms with Gasteiger partial charge in [-0.15, -0.1) is 0 Å². The Morgan fingerprint density at radius 1 is 1.56 bits per heavy atom. The minimum absolute atomic E-state index is 0.179. The molecule has 0 aliphatic heterocycles. The fourth-order valence-corrected chi connectivity index (χ4v) is 3.32. The van der Waals surface area contributed by atoms with Crippen LogP contribution in [0.25, 0.3) is 0 Å². The van der Waals surface area contributed by atoms with E-state index >= 15 is 0 Å². The molecule has 1 heterocycles. The fraction of sp³-hybridized carbons (Fsp3) is 0.667. The van der Waals surface area contributed by atoms with Crippen molar-refractivity contribution in [1.82, 2.24) is 4.90 Å². The molecule has 100 valence electrons. The van der Waals surface area contributed by atoms with E-state index in [1.807, 2.05) is 17.3 Å². The van der Waals surface area contributed by atoms with E-state index < -0.39 is 5.60 Å². The van der Waals surface area contributed by atoms with Crippen molar-refractivity contribution in [2.75, 3.05) is 13.6 Å². The van der Waals surface area contributed by atoms with Crippen LogP contribution in [0.5, 0.6) is 0 Å². The number of thiophene rings is 1. The van der Waals surface area contributed by atoms with Gasteiger partial charge in [-0.25, -0.2) is 0 Å². The number of nitro groups is 1. The van der Waals surface area contributed by atoms with Crippen molar-refractivity contribution < 1.29 is 10.0 Å². The summed E-state index contributed by atoms with van der Waals surface area (Å²) < 4.78 is 0. The highest BCUT2D eigenvalue weighted by atomic mass is 32.1. The summed E-state index contributed by atoms with van der Waals surface area (Å²) in [6.07, 6.45) is 3.91. The topological polar surface area (TPSA) is 66.6 Å². The summed E-state index contributed by atoms with van der Waals surface area (Å²) in [4.78, 5) is 12.3. The van der Waals surface area contributed by atoms with Gasteiger partial charge >= 0.3 is 5.00 Å². The molecule has 0 spiro atoms. The van der Waals surface area contributed by atoms with Gasteiger partial charge in [0, 0.05) is 24.5 Å². The van der Waals surface area contributed by atoms with Gasteiger partial charge in [0.2, 0.25) is 0 Å². The van der Waals surface area contributed by atoms with Gasteiger partial charge in [-0.3, -0.25) is 15.0 Å². The Morgan fingerprint density at radius 3 is 2.78 bits per heavy atom. The maximum atomic E-state index is 10.6. The van der Waals surface area contributed by atoms with Gasteiger partial charge in [-0.05, 0) is 25.5 Å². The number of rotatable bonds is 5. The molecule has 18 heavy (non-hydrogen) atoms. The zero-order valence-electron chi connectivity index (χ0n) is 10.5. The van der Waals surface area contributed by atoms with Crippen LogP contribution in [0.2, 0.25) is 0 Å². The van der Waals surface area contributed by atoms with E-state index in [2.05, 4.69) is 0 Å². The number of aliphatic hydroxyl groups is 1. The lowest BCUT2D eigenvalue weighted by Gasteiger charge is -2.28. The monoisotopic (exact) mass is 270 g/mol. The highest BCUT2D eigenvalue weighted by molar-refractivity contribution is 7.13. The van der Waals surface area contributed by atoms with Crippen LogP contribution in [-0.4, -0.2) is 34.1 Å². The van der Waals surface area contributed by atoms with Crippen LogP contribution in [-0.2, 0) is 6.54 Å². The molecule has 5 nitrogen and oxygen atoms in total. The van der Waals surface area contributed by atoms with Gasteiger partial charge in [0.1, 0.15) is 0 Å². The number of nitrogens with zero attached hydrogens (tertiary/aromatic N) is 2. The van der Waals surface area contributed by atoms with Gasteiger partial charge in [-0.2, -0.15) is 0 Å². The first-order valence-electron chi connectivity index (χ1n) is 6.11. The van der Waals surface area contributed by atoms with Gasteiger partial charge in [-0.1, -0.05) is 24.2 Å². The van der Waals surface area contributed by atoms with Crippen molar-refractivity contribution in [2.45, 2.75) is 37.8 Å². The molecule has 1 aromatic heterocycles. The van der Waals surface area contributed by atoms with Crippen molar-refractivity contribution >= 4 is 16.3 Å². The summed E-state index contributed by atoms with van der Waals surface area (Å²) in [5, 5.41) is 22.9. The standard InChI is InChI=1S/C12H18N2O3S/c1-13(9-12(15)4-2-3-5-12)7-10-6-11(14(16)17)18-8-10/h6,8,15H,2-5,7,9H2,1H3. The van der Waals surface area contributed by atoms with Crippen LogP contribution in [0.3, 0.4) is 0 Å². The minimum Gasteiger partial charge on any atom is -0.389 e. The summed E-state index contributed by atoms with van der Waals surface area (Å²) in [6.45, 7) is 1.28. The van der Waals surface area contributed by atoms with Crippen LogP contribution < -0.4 is 0 Å². The average Bonchev–Trinajstić information content (AvgIpc) is 2.87. The van der Waals surface area contributed by atoms with E-state index in [-0.39, 0.29) is 9.92 Å². The SMILES string of the molecule is CN(Cc1csc([N+](=O)[O-])c1)CC1(O)CCCC1. The lowest BCUT2D eigenvalue weighted by atomic mass is 10.0. The normalized spacial score (nSPS) is 18.4. The van der Waals surface area contributed by atoms with E-state index in [1.165, 1.54) is 0 Å². The zero-order valence-corrected chi connectivity index (χ0v) is 11.3. The largest absolute Gasteiger partial charge is 0.389 e. The molecule has 0 atom stereocenters. The number of likely N-dealkylation sites (N-methyl/N-ethyl adjacent to an activating group) is 1. The smallest absolute Gasteiger partial charge is 0.324 e. The lowest BCUT2D eigenvalue weighted by molar-refractivity contribution is -0.380. The minimum atomic E-state index is -0.559. The molecular formula is C12H18N2O3S. The average molecular weight is 270 g/mol. The predicted octanol–water partition coefficient (Wildman–Crippen LogP) is 2.39. The third kappa shape index (κ3) is 3.28. The molecule has 1 aliphatic rings. The predicted molar refractivity (Wildman–Crippen MR) is 70.7 cm³/mol. The molecule has 0 bridgehead atoms. The zero-order chi connectivity index (χ0) is 13.2. The molecule has 1 N–H and O–H groups in total. The van der Waals surface area contributed by atoms with E-state index in [0.29, 0.717) is 13.1 Å². The second-order valence-electron chi connectivity index (χ2n) is 5.15. The van der Waals surface area contributed by atoms with E-state index in [9.17, 15) is 15.2 Å². The number of hydrogen-bond donors (Lipinski definition) is 1. The maximum absolute atomic E-state index is 10.6. The van der Waals surface area contributed by atoms with Crippen LogP contribution in [0.1, 0.15) is 31.2 Å². The lowest BCUT2D eigenvalue weighted by Crippen LogP contribution is -2.38. The summed E-state index contributed by atoms with van der Waals surface area (Å²) in [7, 11) is 1.94. The first-order chi connectivity index (χ1) is 8.48. The molecule has 0 aromatic carbocycles. The molecule has 1 aromatic rings. The second-order valence-corrected chi connectivity index (χ2v) is 6.04. The molecular weight excluding hydrogens is 252 g/mol. The summed E-state index contributed by atoms with van der Waals surface area (Å²) in [5.74, 6) is 0. The van der Waals surface area contributed by atoms with Crippen molar-refractivity contribution in [2.24, 2.45) is 0 Å². The van der Waals surface area contributed by atoms with E-state index in [1.54, 1.807) is 6.07 Å². The van der Waals surface area contributed by atoms with Gasteiger partial charge < -0.3 is 5.11 Å². The number of hydrogen-bond acceptors (Lipinski definition) is 5. The van der Waals surface area contributed by atoms with E-state index in [0.717, 1.165) is 42.6 Å². The van der Waals surface area contributed by atoms with E-state index in [4.69, 9.17) is 0 Å². The Balaban J connectivity index is 1.90. The van der Waals surface area contributed by atoms with Crippen LogP contribution >= 0.6 is 11.3 Å². The highest BCUT2D eigenvalue weighted by Crippen LogP contribution is 2.30. The van der Waals surface area contributed by atoms with Crippen molar-refractivity contribution in [3.63, 3.8) is 0 Å². The molecule has 1 fully saturated rings. The first kappa shape index (κ1) is 13.5. The molecule has 1 aliphatic carbocycles. The summed E-state index contributed by atoms with van der Waals surface area (Å²) >= 11 is 1.15. The van der Waals surface area contributed by atoms with Crippen LogP contribution in [0.4, 0.5) is 5.00 Å². The summed E-state index contributed by atoms with van der Waals surface area (Å²) in [6, 6.07) is 1.61.